The lowest BCUT2D eigenvalue weighted by atomic mass is 10.1. The molecule has 0 amide bonds. The summed E-state index contributed by atoms with van der Waals surface area (Å²) in [5, 5.41) is 4.10. The molecule has 0 aromatic heterocycles. The Balaban J connectivity index is 1.50. The zero-order chi connectivity index (χ0) is 18.4. The largest absolute Gasteiger partial charge is 0.375 e. The molecule has 0 unspecified atom stereocenters. The van der Waals surface area contributed by atoms with Crippen molar-refractivity contribution in [1.82, 2.24) is 10.3 Å². The maximum atomic E-state index is 13.0. The molecule has 1 aliphatic rings. The minimum atomic E-state index is -0.186. The number of rotatable bonds is 5. The molecule has 3 rings (SSSR count). The van der Waals surface area contributed by atoms with Crippen LogP contribution in [0.3, 0.4) is 0 Å². The lowest BCUT2D eigenvalue weighted by Gasteiger charge is -2.36. The van der Waals surface area contributed by atoms with E-state index in [1.54, 1.807) is 6.21 Å². The number of halogens is 1. The first-order valence-corrected chi connectivity index (χ1v) is 8.91. The van der Waals surface area contributed by atoms with Crippen molar-refractivity contribution < 1.29 is 4.39 Å². The van der Waals surface area contributed by atoms with Crippen LogP contribution in [0.4, 0.5) is 10.1 Å². The molecule has 5 nitrogen and oxygen atoms in total. The highest BCUT2D eigenvalue weighted by atomic mass is 32.1. The summed E-state index contributed by atoms with van der Waals surface area (Å²) in [4.78, 5) is 4.77. The lowest BCUT2D eigenvalue weighted by Crippen LogP contribution is -2.45. The maximum absolute atomic E-state index is 13.0. The molecule has 2 aromatic carbocycles. The molecule has 1 aliphatic heterocycles. The number of benzene rings is 2. The molecule has 136 valence electrons. The summed E-state index contributed by atoms with van der Waals surface area (Å²) < 4.78 is 13.0. The molecule has 2 aromatic rings. The van der Waals surface area contributed by atoms with Crippen LogP contribution in [0.2, 0.25) is 0 Å². The fraction of sp³-hybridized carbons (Fsp3) is 0.263. The highest BCUT2D eigenvalue weighted by Gasteiger charge is 2.17. The molecule has 1 saturated heterocycles. The first-order chi connectivity index (χ1) is 12.6. The number of piperazine rings is 1. The highest BCUT2D eigenvalue weighted by molar-refractivity contribution is 7.80. The topological polar surface area (TPSA) is 56.9 Å². The normalized spacial score (nSPS) is 15.3. The summed E-state index contributed by atoms with van der Waals surface area (Å²) in [6, 6.07) is 15.0. The number of anilines is 1. The number of hydrogen-bond acceptors (Lipinski definition) is 4. The Hall–Kier alpha value is -2.51. The predicted octanol–water partition coefficient (Wildman–Crippen LogP) is 2.32. The number of nitrogens with two attached hydrogens (primary N) is 1. The first kappa shape index (κ1) is 18.3. The first-order valence-electron chi connectivity index (χ1n) is 8.50. The van der Waals surface area contributed by atoms with Crippen molar-refractivity contribution in [2.24, 2.45) is 10.8 Å². The van der Waals surface area contributed by atoms with Crippen molar-refractivity contribution in [3.05, 3.63) is 65.5 Å². The highest BCUT2D eigenvalue weighted by Crippen LogP contribution is 2.18. The zero-order valence-corrected chi connectivity index (χ0v) is 15.3. The van der Waals surface area contributed by atoms with Crippen LogP contribution < -0.4 is 16.1 Å². The monoisotopic (exact) mass is 371 g/mol. The van der Waals surface area contributed by atoms with Gasteiger partial charge in [0.15, 0.2) is 5.11 Å². The third-order valence-electron chi connectivity index (χ3n) is 4.34. The van der Waals surface area contributed by atoms with Gasteiger partial charge in [0.2, 0.25) is 0 Å². The van der Waals surface area contributed by atoms with Crippen LogP contribution in [0.15, 0.2) is 53.6 Å². The maximum Gasteiger partial charge on any atom is 0.184 e. The van der Waals surface area contributed by atoms with Gasteiger partial charge in [0.25, 0.3) is 0 Å². The third kappa shape index (κ3) is 5.24. The summed E-state index contributed by atoms with van der Waals surface area (Å²) in [7, 11) is 0. The van der Waals surface area contributed by atoms with E-state index in [1.807, 2.05) is 24.3 Å². The predicted molar refractivity (Wildman–Crippen MR) is 108 cm³/mol. The van der Waals surface area contributed by atoms with Gasteiger partial charge in [0, 0.05) is 38.4 Å². The summed E-state index contributed by atoms with van der Waals surface area (Å²) in [6.07, 6.45) is 1.68. The van der Waals surface area contributed by atoms with Gasteiger partial charge < -0.3 is 10.6 Å². The van der Waals surface area contributed by atoms with Gasteiger partial charge in [-0.1, -0.05) is 24.3 Å². The molecule has 0 radical (unpaired) electrons. The third-order valence-corrected chi connectivity index (χ3v) is 4.43. The Kier molecular flexibility index (Phi) is 6.14. The molecule has 7 heteroatoms. The Labute approximate surface area is 158 Å². The van der Waals surface area contributed by atoms with Gasteiger partial charge in [0.05, 0.1) is 6.21 Å². The summed E-state index contributed by atoms with van der Waals surface area (Å²) in [6.45, 7) is 4.77. The molecule has 1 fully saturated rings. The van der Waals surface area contributed by atoms with E-state index in [1.165, 1.54) is 17.8 Å². The van der Waals surface area contributed by atoms with Crippen molar-refractivity contribution >= 4 is 29.2 Å². The van der Waals surface area contributed by atoms with Gasteiger partial charge in [-0.25, -0.2) is 4.39 Å². The second-order valence-corrected chi connectivity index (χ2v) is 6.66. The van der Waals surface area contributed by atoms with Crippen LogP contribution in [-0.2, 0) is 6.54 Å². The quantitative estimate of drug-likeness (QED) is 0.480. The lowest BCUT2D eigenvalue weighted by molar-refractivity contribution is 0.250. The SMILES string of the molecule is NC(=S)N/N=C/c1ccc(N2CCN(Cc3ccc(F)cc3)CC2)cc1. The van der Waals surface area contributed by atoms with Crippen molar-refractivity contribution in [2.75, 3.05) is 31.1 Å². The number of nitrogens with one attached hydrogen (secondary N) is 1. The minimum Gasteiger partial charge on any atom is -0.375 e. The van der Waals surface area contributed by atoms with Crippen molar-refractivity contribution in [1.29, 1.82) is 0 Å². The number of hydrazone groups is 1. The molecular weight excluding hydrogens is 349 g/mol. The Morgan fingerprint density at radius 1 is 1.08 bits per heavy atom. The number of thiocarbonyl (C=S) groups is 1. The molecule has 3 N–H and O–H groups in total. The van der Waals surface area contributed by atoms with E-state index in [0.29, 0.717) is 0 Å². The van der Waals surface area contributed by atoms with Gasteiger partial charge in [-0.3, -0.25) is 10.3 Å². The average Bonchev–Trinajstić information content (AvgIpc) is 2.65. The number of hydrogen-bond donors (Lipinski definition) is 2. The van der Waals surface area contributed by atoms with E-state index in [-0.39, 0.29) is 10.9 Å². The Morgan fingerprint density at radius 3 is 2.35 bits per heavy atom. The molecule has 0 saturated carbocycles. The molecule has 1 heterocycles. The van der Waals surface area contributed by atoms with E-state index in [2.05, 4.69) is 32.5 Å². The molecule has 0 bridgehead atoms. The van der Waals surface area contributed by atoms with Gasteiger partial charge in [-0.2, -0.15) is 5.10 Å². The summed E-state index contributed by atoms with van der Waals surface area (Å²) in [5.74, 6) is -0.186. The van der Waals surface area contributed by atoms with E-state index in [0.717, 1.165) is 43.9 Å². The van der Waals surface area contributed by atoms with Crippen LogP contribution >= 0.6 is 12.2 Å². The van der Waals surface area contributed by atoms with E-state index in [9.17, 15) is 4.39 Å². The van der Waals surface area contributed by atoms with Gasteiger partial charge in [-0.05, 0) is 47.6 Å². The fourth-order valence-electron chi connectivity index (χ4n) is 2.95. The Bertz CT molecular complexity index is 753. The molecule has 26 heavy (non-hydrogen) atoms. The van der Waals surface area contributed by atoms with Crippen molar-refractivity contribution in [3.63, 3.8) is 0 Å². The smallest absolute Gasteiger partial charge is 0.184 e. The van der Waals surface area contributed by atoms with E-state index < -0.39 is 0 Å². The van der Waals surface area contributed by atoms with Crippen LogP contribution in [0.1, 0.15) is 11.1 Å². The Morgan fingerprint density at radius 2 is 1.73 bits per heavy atom. The standard InChI is InChI=1S/C19H22FN5S/c20-17-5-1-16(2-6-17)14-24-9-11-25(12-10-24)18-7-3-15(4-8-18)13-22-23-19(21)26/h1-8,13H,9-12,14H2,(H3,21,23,26)/b22-13+. The van der Waals surface area contributed by atoms with Gasteiger partial charge in [0.1, 0.15) is 5.82 Å². The number of nitrogens with zero attached hydrogens (tertiary/aromatic N) is 3. The summed E-state index contributed by atoms with van der Waals surface area (Å²) in [5.41, 5.74) is 11.2. The molecule has 0 aliphatic carbocycles. The zero-order valence-electron chi connectivity index (χ0n) is 14.4. The average molecular weight is 371 g/mol. The van der Waals surface area contributed by atoms with E-state index >= 15 is 0 Å². The fourth-order valence-corrected chi connectivity index (χ4v) is 3.01. The van der Waals surface area contributed by atoms with Crippen LogP contribution in [0.25, 0.3) is 0 Å². The second kappa shape index (κ2) is 8.73. The molecule has 0 atom stereocenters. The second-order valence-electron chi connectivity index (χ2n) is 6.22. The van der Waals surface area contributed by atoms with Crippen molar-refractivity contribution in [3.8, 4) is 0 Å². The van der Waals surface area contributed by atoms with Crippen LogP contribution in [0, 0.1) is 5.82 Å². The molecular formula is C19H22FN5S. The van der Waals surface area contributed by atoms with Gasteiger partial charge in [-0.15, -0.1) is 0 Å². The summed E-state index contributed by atoms with van der Waals surface area (Å²) >= 11 is 4.70. The van der Waals surface area contributed by atoms with Gasteiger partial charge >= 0.3 is 0 Å². The minimum absolute atomic E-state index is 0.149. The van der Waals surface area contributed by atoms with Crippen LogP contribution in [0.5, 0.6) is 0 Å². The molecule has 0 spiro atoms. The van der Waals surface area contributed by atoms with Crippen molar-refractivity contribution in [2.45, 2.75) is 6.54 Å². The van der Waals surface area contributed by atoms with E-state index in [4.69, 9.17) is 18.0 Å². The van der Waals surface area contributed by atoms with Crippen LogP contribution in [-0.4, -0.2) is 42.4 Å².